The Labute approximate surface area is 61.4 Å². The summed E-state index contributed by atoms with van der Waals surface area (Å²) in [6.07, 6.45) is 2.01. The molecular weight excluding hydrogens is 128 g/mol. The number of nitrogens with zero attached hydrogens (tertiary/aromatic N) is 1. The van der Waals surface area contributed by atoms with Crippen LogP contribution >= 0.6 is 0 Å². The maximum absolute atomic E-state index is 10.4. The molecule has 0 aromatic rings. The van der Waals surface area contributed by atoms with Gasteiger partial charge in [-0.3, -0.25) is 4.79 Å². The van der Waals surface area contributed by atoms with Crippen LogP contribution in [-0.4, -0.2) is 37.0 Å². The van der Waals surface area contributed by atoms with Crippen LogP contribution in [0.1, 0.15) is 13.3 Å². The molecule has 1 aliphatic rings. The van der Waals surface area contributed by atoms with Crippen LogP contribution in [0.5, 0.6) is 0 Å². The van der Waals surface area contributed by atoms with E-state index < -0.39 is 0 Å². The molecule has 1 aliphatic heterocycles. The fourth-order valence-electron chi connectivity index (χ4n) is 1.19. The van der Waals surface area contributed by atoms with Gasteiger partial charge in [-0.25, -0.2) is 0 Å². The Kier molecular flexibility index (Phi) is 2.68. The highest BCUT2D eigenvalue weighted by Gasteiger charge is 2.13. The molecule has 3 nitrogen and oxygen atoms in total. The fraction of sp³-hybridized carbons (Fsp3) is 0.857. The lowest BCUT2D eigenvalue weighted by molar-refractivity contribution is -0.119. The summed E-state index contributed by atoms with van der Waals surface area (Å²) < 4.78 is 0. The molecule has 1 amide bonds. The van der Waals surface area contributed by atoms with Gasteiger partial charge < -0.3 is 10.2 Å². The molecule has 0 saturated carbocycles. The van der Waals surface area contributed by atoms with Gasteiger partial charge in [-0.1, -0.05) is 0 Å². The summed E-state index contributed by atoms with van der Waals surface area (Å²) in [7, 11) is 0. The second-order valence-corrected chi connectivity index (χ2v) is 2.73. The predicted molar refractivity (Wildman–Crippen MR) is 39.7 cm³/mol. The zero-order chi connectivity index (χ0) is 7.40. The van der Waals surface area contributed by atoms with Crippen LogP contribution in [0.4, 0.5) is 0 Å². The Morgan fingerprint density at radius 3 is 3.10 bits per heavy atom. The highest BCUT2D eigenvalue weighted by Crippen LogP contribution is 2.01. The first-order valence-corrected chi connectivity index (χ1v) is 3.76. The lowest BCUT2D eigenvalue weighted by Gasteiger charge is -2.20. The van der Waals surface area contributed by atoms with Crippen molar-refractivity contribution in [3.05, 3.63) is 0 Å². The SMILES string of the molecule is CC1CCNCCN1C=O. The van der Waals surface area contributed by atoms with E-state index in [9.17, 15) is 4.79 Å². The van der Waals surface area contributed by atoms with Gasteiger partial charge in [-0.2, -0.15) is 0 Å². The minimum absolute atomic E-state index is 0.410. The van der Waals surface area contributed by atoms with Gasteiger partial charge >= 0.3 is 0 Å². The van der Waals surface area contributed by atoms with Crippen molar-refractivity contribution in [3.8, 4) is 0 Å². The average molecular weight is 142 g/mol. The molecule has 1 N–H and O–H groups in total. The molecule has 1 saturated heterocycles. The van der Waals surface area contributed by atoms with Crippen LogP contribution in [0.2, 0.25) is 0 Å². The topological polar surface area (TPSA) is 32.3 Å². The van der Waals surface area contributed by atoms with E-state index in [4.69, 9.17) is 0 Å². The molecule has 3 heteroatoms. The smallest absolute Gasteiger partial charge is 0.209 e. The maximum Gasteiger partial charge on any atom is 0.209 e. The van der Waals surface area contributed by atoms with E-state index in [0.29, 0.717) is 6.04 Å². The van der Waals surface area contributed by atoms with Crippen LogP contribution in [0, 0.1) is 0 Å². The molecule has 1 heterocycles. The molecule has 58 valence electrons. The van der Waals surface area contributed by atoms with Crippen molar-refractivity contribution in [2.24, 2.45) is 0 Å². The van der Waals surface area contributed by atoms with Crippen molar-refractivity contribution in [1.82, 2.24) is 10.2 Å². The molecule has 0 spiro atoms. The Hall–Kier alpha value is -0.570. The number of rotatable bonds is 1. The largest absolute Gasteiger partial charge is 0.341 e. The van der Waals surface area contributed by atoms with Gasteiger partial charge in [0.1, 0.15) is 0 Å². The molecule has 10 heavy (non-hydrogen) atoms. The van der Waals surface area contributed by atoms with E-state index in [1.165, 1.54) is 0 Å². The second kappa shape index (κ2) is 3.56. The number of carbonyl (C=O) groups excluding carboxylic acids is 1. The van der Waals surface area contributed by atoms with Crippen LogP contribution < -0.4 is 5.32 Å². The number of amides is 1. The first kappa shape index (κ1) is 7.54. The van der Waals surface area contributed by atoms with E-state index in [-0.39, 0.29) is 0 Å². The molecule has 0 radical (unpaired) electrons. The number of hydrogen-bond acceptors (Lipinski definition) is 2. The average Bonchev–Trinajstić information content (AvgIpc) is 2.13. The van der Waals surface area contributed by atoms with Crippen molar-refractivity contribution in [2.45, 2.75) is 19.4 Å². The van der Waals surface area contributed by atoms with Gasteiger partial charge in [0.05, 0.1) is 0 Å². The number of hydrogen-bond donors (Lipinski definition) is 1. The summed E-state index contributed by atoms with van der Waals surface area (Å²) in [4.78, 5) is 12.3. The van der Waals surface area contributed by atoms with Crippen molar-refractivity contribution in [1.29, 1.82) is 0 Å². The fourth-order valence-corrected chi connectivity index (χ4v) is 1.19. The second-order valence-electron chi connectivity index (χ2n) is 2.73. The summed E-state index contributed by atoms with van der Waals surface area (Å²) in [5, 5.41) is 3.24. The van der Waals surface area contributed by atoms with Gasteiger partial charge in [0.2, 0.25) is 6.41 Å². The maximum atomic E-state index is 10.4. The lowest BCUT2D eigenvalue weighted by Crippen LogP contribution is -2.32. The van der Waals surface area contributed by atoms with E-state index in [1.54, 1.807) is 0 Å². The predicted octanol–water partition coefficient (Wildman–Crippen LogP) is -0.173. The highest BCUT2D eigenvalue weighted by molar-refractivity contribution is 5.47. The molecule has 0 aliphatic carbocycles. The minimum Gasteiger partial charge on any atom is -0.341 e. The normalized spacial score (nSPS) is 27.7. The van der Waals surface area contributed by atoms with E-state index in [0.717, 1.165) is 32.5 Å². The monoisotopic (exact) mass is 142 g/mol. The molecule has 0 aromatic carbocycles. The van der Waals surface area contributed by atoms with E-state index in [2.05, 4.69) is 12.2 Å². The molecule has 1 atom stereocenters. The summed E-state index contributed by atoms with van der Waals surface area (Å²) in [5.41, 5.74) is 0. The van der Waals surface area contributed by atoms with Crippen LogP contribution in [-0.2, 0) is 4.79 Å². The first-order valence-electron chi connectivity index (χ1n) is 3.76. The van der Waals surface area contributed by atoms with Crippen molar-refractivity contribution < 1.29 is 4.79 Å². The van der Waals surface area contributed by atoms with Gasteiger partial charge in [0, 0.05) is 19.1 Å². The summed E-state index contributed by atoms with van der Waals surface area (Å²) in [6.45, 7) is 4.90. The Morgan fingerprint density at radius 1 is 1.60 bits per heavy atom. The third kappa shape index (κ3) is 1.70. The first-order chi connectivity index (χ1) is 4.84. The van der Waals surface area contributed by atoms with Crippen LogP contribution in [0.25, 0.3) is 0 Å². The third-order valence-corrected chi connectivity index (χ3v) is 1.99. The summed E-state index contributed by atoms with van der Waals surface area (Å²) in [6, 6.07) is 0.410. The van der Waals surface area contributed by atoms with Gasteiger partial charge in [0.25, 0.3) is 0 Å². The summed E-state index contributed by atoms with van der Waals surface area (Å²) >= 11 is 0. The van der Waals surface area contributed by atoms with E-state index >= 15 is 0 Å². The molecule has 0 bridgehead atoms. The molecular formula is C7H14N2O. The van der Waals surface area contributed by atoms with Crippen molar-refractivity contribution in [2.75, 3.05) is 19.6 Å². The zero-order valence-corrected chi connectivity index (χ0v) is 6.34. The molecule has 1 rings (SSSR count). The number of nitrogens with one attached hydrogen (secondary N) is 1. The van der Waals surface area contributed by atoms with Gasteiger partial charge in [-0.15, -0.1) is 0 Å². The Bertz CT molecular complexity index is 116. The molecule has 1 unspecified atom stereocenters. The van der Waals surface area contributed by atoms with Gasteiger partial charge in [-0.05, 0) is 19.9 Å². The third-order valence-electron chi connectivity index (χ3n) is 1.99. The summed E-state index contributed by atoms with van der Waals surface area (Å²) in [5.74, 6) is 0. The van der Waals surface area contributed by atoms with Crippen LogP contribution in [0.3, 0.4) is 0 Å². The van der Waals surface area contributed by atoms with Crippen molar-refractivity contribution >= 4 is 6.41 Å². The highest BCUT2D eigenvalue weighted by atomic mass is 16.1. The quantitative estimate of drug-likeness (QED) is 0.515. The molecule has 0 aromatic heterocycles. The van der Waals surface area contributed by atoms with Gasteiger partial charge in [0.15, 0.2) is 0 Å². The zero-order valence-electron chi connectivity index (χ0n) is 6.34. The van der Waals surface area contributed by atoms with Crippen molar-refractivity contribution in [3.63, 3.8) is 0 Å². The number of carbonyl (C=O) groups is 1. The molecule has 1 fully saturated rings. The minimum atomic E-state index is 0.410. The van der Waals surface area contributed by atoms with Crippen LogP contribution in [0.15, 0.2) is 0 Å². The Balaban J connectivity index is 2.43. The lowest BCUT2D eigenvalue weighted by atomic mass is 10.2. The van der Waals surface area contributed by atoms with E-state index in [1.807, 2.05) is 4.90 Å². The Morgan fingerprint density at radius 2 is 2.40 bits per heavy atom. The standard InChI is InChI=1S/C7H14N2O/c1-7-2-3-8-4-5-9(7)6-10/h6-8H,2-5H2,1H3.